The topological polar surface area (TPSA) is 46.5 Å². The number of carboxylic acid groups (broad SMARTS) is 1. The third-order valence-electron chi connectivity index (χ3n) is 1.05. The average Bonchev–Trinajstić information content (AvgIpc) is 1.98. The lowest BCUT2D eigenvalue weighted by Crippen LogP contribution is -1.92. The van der Waals surface area contributed by atoms with E-state index in [0.29, 0.717) is 12.2 Å². The van der Waals surface area contributed by atoms with Crippen LogP contribution in [-0.2, 0) is 9.53 Å². The predicted molar refractivity (Wildman–Crippen MR) is 40.8 cm³/mol. The number of aliphatic carboxylic acids is 1. The highest BCUT2D eigenvalue weighted by Crippen LogP contribution is 1.98. The normalized spacial score (nSPS) is 10.4. The maximum atomic E-state index is 10.0. The van der Waals surface area contributed by atoms with Gasteiger partial charge in [-0.25, -0.2) is 0 Å². The van der Waals surface area contributed by atoms with Crippen molar-refractivity contribution in [2.45, 2.75) is 12.8 Å². The molecule has 0 bridgehead atoms. The van der Waals surface area contributed by atoms with Gasteiger partial charge in [-0.1, -0.05) is 0 Å². The first-order valence-electron chi connectivity index (χ1n) is 3.13. The minimum absolute atomic E-state index is 0.0779. The minimum Gasteiger partial charge on any atom is -0.489 e. The Bertz CT molecular complexity index is 198. The molecule has 3 nitrogen and oxygen atoms in total. The Kier molecular flexibility index (Phi) is 4.67. The summed E-state index contributed by atoms with van der Waals surface area (Å²) in [6, 6.07) is 0. The van der Waals surface area contributed by atoms with Crippen LogP contribution in [0.5, 0.6) is 0 Å². The maximum absolute atomic E-state index is 10.0. The van der Waals surface area contributed by atoms with Crippen molar-refractivity contribution in [1.82, 2.24) is 0 Å². The molecule has 0 aromatic heterocycles. The van der Waals surface area contributed by atoms with Gasteiger partial charge in [0, 0.05) is 6.42 Å². The Morgan fingerprint density at radius 2 is 2.45 bits per heavy atom. The Hall–Kier alpha value is -1.43. The lowest BCUT2D eigenvalue weighted by molar-refractivity contribution is -0.136. The summed E-state index contributed by atoms with van der Waals surface area (Å²) in [5.74, 6) is 1.81. The van der Waals surface area contributed by atoms with E-state index >= 15 is 0 Å². The van der Waals surface area contributed by atoms with Crippen LogP contribution in [0.25, 0.3) is 0 Å². The van der Waals surface area contributed by atoms with Crippen molar-refractivity contribution in [1.29, 1.82) is 0 Å². The molecule has 0 spiro atoms. The molecule has 0 aromatic rings. The number of carbonyl (C=O) groups is 1. The van der Waals surface area contributed by atoms with E-state index in [1.165, 1.54) is 7.11 Å². The van der Waals surface area contributed by atoms with Crippen LogP contribution in [0.2, 0.25) is 0 Å². The van der Waals surface area contributed by atoms with Gasteiger partial charge in [0.25, 0.3) is 0 Å². The first kappa shape index (κ1) is 9.57. The van der Waals surface area contributed by atoms with Gasteiger partial charge in [0.2, 0.25) is 0 Å². The summed E-state index contributed by atoms with van der Waals surface area (Å²) in [6.07, 6.45) is 7.07. The SMILES string of the molecule is C#C/C(=C\CCC(=O)O)OC. The van der Waals surface area contributed by atoms with Crippen molar-refractivity contribution in [3.05, 3.63) is 11.8 Å². The van der Waals surface area contributed by atoms with Crippen LogP contribution in [0.15, 0.2) is 11.8 Å². The van der Waals surface area contributed by atoms with Gasteiger partial charge in [-0.3, -0.25) is 4.79 Å². The quantitative estimate of drug-likeness (QED) is 0.485. The van der Waals surface area contributed by atoms with Crippen LogP contribution < -0.4 is 0 Å². The molecule has 0 atom stereocenters. The second-order valence-corrected chi connectivity index (χ2v) is 1.85. The van der Waals surface area contributed by atoms with Crippen LogP contribution in [0.1, 0.15) is 12.8 Å². The summed E-state index contributed by atoms with van der Waals surface area (Å²) in [7, 11) is 1.45. The van der Waals surface area contributed by atoms with E-state index in [1.54, 1.807) is 6.08 Å². The van der Waals surface area contributed by atoms with Crippen LogP contribution in [0.3, 0.4) is 0 Å². The smallest absolute Gasteiger partial charge is 0.303 e. The second kappa shape index (κ2) is 5.36. The fourth-order valence-electron chi connectivity index (χ4n) is 0.528. The number of methoxy groups -OCH3 is 1. The van der Waals surface area contributed by atoms with Gasteiger partial charge in [-0.2, -0.15) is 0 Å². The Balaban J connectivity index is 3.73. The van der Waals surface area contributed by atoms with E-state index in [4.69, 9.17) is 16.3 Å². The molecule has 60 valence electrons. The molecule has 0 aliphatic rings. The zero-order valence-corrected chi connectivity index (χ0v) is 6.33. The highest BCUT2D eigenvalue weighted by molar-refractivity contribution is 5.66. The van der Waals surface area contributed by atoms with Gasteiger partial charge in [-0.05, 0) is 18.4 Å². The standard InChI is InChI=1S/C8H10O3/c1-3-7(11-2)5-4-6-8(9)10/h1,5H,4,6H2,2H3,(H,9,10)/b7-5+. The van der Waals surface area contributed by atoms with Gasteiger partial charge in [-0.15, -0.1) is 6.42 Å². The van der Waals surface area contributed by atoms with Crippen LogP contribution in [0.4, 0.5) is 0 Å². The van der Waals surface area contributed by atoms with Gasteiger partial charge in [0.05, 0.1) is 7.11 Å². The van der Waals surface area contributed by atoms with Crippen LogP contribution >= 0.6 is 0 Å². The molecule has 0 fully saturated rings. The van der Waals surface area contributed by atoms with E-state index in [1.807, 2.05) is 0 Å². The number of hydrogen-bond donors (Lipinski definition) is 1. The molecule has 0 rings (SSSR count). The van der Waals surface area contributed by atoms with E-state index in [-0.39, 0.29) is 6.42 Å². The van der Waals surface area contributed by atoms with Crippen molar-refractivity contribution in [3.8, 4) is 12.3 Å². The second-order valence-electron chi connectivity index (χ2n) is 1.85. The van der Waals surface area contributed by atoms with Crippen LogP contribution in [0, 0.1) is 12.3 Å². The molecule has 0 saturated carbocycles. The Labute approximate surface area is 65.7 Å². The first-order chi connectivity index (χ1) is 5.20. The zero-order valence-electron chi connectivity index (χ0n) is 6.33. The zero-order chi connectivity index (χ0) is 8.69. The van der Waals surface area contributed by atoms with Gasteiger partial charge < -0.3 is 9.84 Å². The fourth-order valence-corrected chi connectivity index (χ4v) is 0.528. The van der Waals surface area contributed by atoms with Gasteiger partial charge in [0.1, 0.15) is 0 Å². The van der Waals surface area contributed by atoms with Crippen molar-refractivity contribution in [3.63, 3.8) is 0 Å². The van der Waals surface area contributed by atoms with Crippen molar-refractivity contribution >= 4 is 5.97 Å². The lowest BCUT2D eigenvalue weighted by Gasteiger charge is -1.95. The van der Waals surface area contributed by atoms with Crippen molar-refractivity contribution < 1.29 is 14.6 Å². The molecule has 0 unspecified atom stereocenters. The van der Waals surface area contributed by atoms with Crippen molar-refractivity contribution in [2.75, 3.05) is 7.11 Å². The molecule has 0 aliphatic carbocycles. The van der Waals surface area contributed by atoms with E-state index in [9.17, 15) is 4.79 Å². The molecule has 0 saturated heterocycles. The minimum atomic E-state index is -0.839. The van der Waals surface area contributed by atoms with E-state index < -0.39 is 5.97 Å². The summed E-state index contributed by atoms with van der Waals surface area (Å²) in [6.45, 7) is 0. The molecule has 0 heterocycles. The Morgan fingerprint density at radius 1 is 1.82 bits per heavy atom. The summed E-state index contributed by atoms with van der Waals surface area (Å²) in [4.78, 5) is 10.0. The molecule has 0 radical (unpaired) electrons. The molecule has 1 N–H and O–H groups in total. The first-order valence-corrected chi connectivity index (χ1v) is 3.13. The number of terminal acetylenes is 1. The van der Waals surface area contributed by atoms with Crippen molar-refractivity contribution in [2.24, 2.45) is 0 Å². The lowest BCUT2D eigenvalue weighted by atomic mass is 10.3. The number of hydrogen-bond acceptors (Lipinski definition) is 2. The fraction of sp³-hybridized carbons (Fsp3) is 0.375. The summed E-state index contributed by atoms with van der Waals surface area (Å²) in [5.41, 5.74) is 0. The summed E-state index contributed by atoms with van der Waals surface area (Å²) in [5, 5.41) is 8.25. The Morgan fingerprint density at radius 3 is 2.82 bits per heavy atom. The highest BCUT2D eigenvalue weighted by atomic mass is 16.5. The number of allylic oxidation sites excluding steroid dienone is 2. The molecular weight excluding hydrogens is 144 g/mol. The third-order valence-corrected chi connectivity index (χ3v) is 1.05. The van der Waals surface area contributed by atoms with Crippen LogP contribution in [-0.4, -0.2) is 18.2 Å². The highest BCUT2D eigenvalue weighted by Gasteiger charge is 1.94. The third kappa shape index (κ3) is 5.04. The average molecular weight is 154 g/mol. The number of carboxylic acids is 1. The van der Waals surface area contributed by atoms with E-state index in [0.717, 1.165) is 0 Å². The number of rotatable bonds is 4. The summed E-state index contributed by atoms with van der Waals surface area (Å²) >= 11 is 0. The molecule has 0 aromatic carbocycles. The van der Waals surface area contributed by atoms with Gasteiger partial charge in [0.15, 0.2) is 5.76 Å². The molecular formula is C8H10O3. The summed E-state index contributed by atoms with van der Waals surface area (Å²) < 4.78 is 4.71. The number of ether oxygens (including phenoxy) is 1. The largest absolute Gasteiger partial charge is 0.489 e. The molecule has 0 amide bonds. The molecule has 3 heteroatoms. The van der Waals surface area contributed by atoms with E-state index in [2.05, 4.69) is 5.92 Å². The maximum Gasteiger partial charge on any atom is 0.303 e. The molecule has 0 aliphatic heterocycles. The van der Waals surface area contributed by atoms with Gasteiger partial charge >= 0.3 is 5.97 Å². The molecule has 11 heavy (non-hydrogen) atoms. The predicted octanol–water partition coefficient (Wildman–Crippen LogP) is 1.01. The monoisotopic (exact) mass is 154 g/mol.